The van der Waals surface area contributed by atoms with Crippen molar-refractivity contribution in [1.82, 2.24) is 15.0 Å². The van der Waals surface area contributed by atoms with E-state index in [1.54, 1.807) is 40.9 Å². The van der Waals surface area contributed by atoms with Crippen molar-refractivity contribution in [3.63, 3.8) is 0 Å². The Morgan fingerprint density at radius 1 is 1.31 bits per heavy atom. The summed E-state index contributed by atoms with van der Waals surface area (Å²) in [5, 5.41) is 4.72. The largest absolute Gasteiger partial charge is 0.337 e. The molecule has 1 unspecified atom stereocenters. The standard InChI is InChI=1S/C17H19ClN4O2S.ClH/c18-12-5-3-11(4-6-12)15(23)22-10-25-9-13(22)14-20-16(21-24-14)17(19)7-1-2-8-17;/h3-6,13H,1-2,7-10,19H2;1H. The van der Waals surface area contributed by atoms with Crippen molar-refractivity contribution in [3.05, 3.63) is 46.6 Å². The fourth-order valence-corrected chi connectivity index (χ4v) is 4.68. The van der Waals surface area contributed by atoms with Gasteiger partial charge >= 0.3 is 0 Å². The van der Waals surface area contributed by atoms with E-state index in [1.807, 2.05) is 0 Å². The summed E-state index contributed by atoms with van der Waals surface area (Å²) in [5.74, 6) is 2.31. The predicted octanol–water partition coefficient (Wildman–Crippen LogP) is 3.76. The number of amides is 1. The van der Waals surface area contributed by atoms with Crippen LogP contribution in [-0.4, -0.2) is 32.6 Å². The smallest absolute Gasteiger partial charge is 0.255 e. The second-order valence-electron chi connectivity index (χ2n) is 6.62. The van der Waals surface area contributed by atoms with E-state index in [2.05, 4.69) is 10.1 Å². The molecule has 1 aromatic heterocycles. The number of thioether (sulfide) groups is 1. The first-order valence-electron chi connectivity index (χ1n) is 8.34. The maximum absolute atomic E-state index is 12.8. The van der Waals surface area contributed by atoms with Crippen molar-refractivity contribution in [2.75, 3.05) is 11.6 Å². The lowest BCUT2D eigenvalue weighted by molar-refractivity contribution is 0.0722. The molecular weight excluding hydrogens is 395 g/mol. The average molecular weight is 415 g/mol. The van der Waals surface area contributed by atoms with Crippen molar-refractivity contribution in [1.29, 1.82) is 0 Å². The molecule has 2 aromatic rings. The molecule has 140 valence electrons. The van der Waals surface area contributed by atoms with Crippen molar-refractivity contribution < 1.29 is 9.32 Å². The Hall–Kier alpha value is -1.28. The van der Waals surface area contributed by atoms with Crippen LogP contribution >= 0.6 is 35.8 Å². The van der Waals surface area contributed by atoms with Gasteiger partial charge in [-0.2, -0.15) is 4.98 Å². The third-order valence-electron chi connectivity index (χ3n) is 4.90. The van der Waals surface area contributed by atoms with Gasteiger partial charge in [0.2, 0.25) is 5.89 Å². The van der Waals surface area contributed by atoms with Gasteiger partial charge in [0.25, 0.3) is 5.91 Å². The van der Waals surface area contributed by atoms with Gasteiger partial charge in [-0.25, -0.2) is 0 Å². The summed E-state index contributed by atoms with van der Waals surface area (Å²) in [6.45, 7) is 0. The first-order chi connectivity index (χ1) is 12.1. The molecule has 0 bridgehead atoms. The molecule has 1 amide bonds. The molecule has 1 aliphatic carbocycles. The van der Waals surface area contributed by atoms with E-state index >= 15 is 0 Å². The fraction of sp³-hybridized carbons (Fsp3) is 0.471. The van der Waals surface area contributed by atoms with E-state index in [4.69, 9.17) is 21.9 Å². The van der Waals surface area contributed by atoms with Crippen molar-refractivity contribution in [2.45, 2.75) is 37.3 Å². The molecule has 1 saturated heterocycles. The van der Waals surface area contributed by atoms with Crippen LogP contribution in [0.15, 0.2) is 28.8 Å². The van der Waals surface area contributed by atoms with Crippen molar-refractivity contribution in [2.24, 2.45) is 5.73 Å². The van der Waals surface area contributed by atoms with Crippen LogP contribution in [0.5, 0.6) is 0 Å². The second kappa shape index (κ2) is 7.76. The molecule has 2 N–H and O–H groups in total. The minimum absolute atomic E-state index is 0. The van der Waals surface area contributed by atoms with Crippen LogP contribution in [0.3, 0.4) is 0 Å². The Kier molecular flexibility index (Phi) is 5.81. The Labute approximate surface area is 167 Å². The highest BCUT2D eigenvalue weighted by molar-refractivity contribution is 7.99. The van der Waals surface area contributed by atoms with Crippen LogP contribution < -0.4 is 5.73 Å². The molecule has 1 atom stereocenters. The highest BCUT2D eigenvalue weighted by atomic mass is 35.5. The van der Waals surface area contributed by atoms with E-state index in [-0.39, 0.29) is 24.4 Å². The summed E-state index contributed by atoms with van der Waals surface area (Å²) in [4.78, 5) is 19.1. The van der Waals surface area contributed by atoms with Gasteiger partial charge in [-0.05, 0) is 37.1 Å². The number of nitrogens with two attached hydrogens (primary N) is 1. The molecule has 2 heterocycles. The van der Waals surface area contributed by atoms with Crippen molar-refractivity contribution in [3.8, 4) is 0 Å². The van der Waals surface area contributed by atoms with Gasteiger partial charge in [-0.1, -0.05) is 29.6 Å². The van der Waals surface area contributed by atoms with Gasteiger partial charge < -0.3 is 15.2 Å². The van der Waals surface area contributed by atoms with Gasteiger partial charge in [0.05, 0.1) is 11.4 Å². The van der Waals surface area contributed by atoms with Crippen molar-refractivity contribution >= 4 is 41.7 Å². The zero-order valence-corrected chi connectivity index (χ0v) is 16.4. The number of halogens is 2. The molecule has 26 heavy (non-hydrogen) atoms. The summed E-state index contributed by atoms with van der Waals surface area (Å²) in [6.07, 6.45) is 3.92. The molecule has 6 nitrogen and oxygen atoms in total. The van der Waals surface area contributed by atoms with E-state index in [0.29, 0.717) is 28.2 Å². The Bertz CT molecular complexity index is 777. The highest BCUT2D eigenvalue weighted by Crippen LogP contribution is 2.37. The van der Waals surface area contributed by atoms with E-state index < -0.39 is 5.54 Å². The molecule has 9 heteroatoms. The maximum atomic E-state index is 12.8. The molecule has 4 rings (SSSR count). The number of nitrogens with zero attached hydrogens (tertiary/aromatic N) is 3. The number of rotatable bonds is 3. The molecule has 2 fully saturated rings. The third kappa shape index (κ3) is 3.58. The number of carbonyl (C=O) groups excluding carboxylic acids is 1. The quantitative estimate of drug-likeness (QED) is 0.822. The van der Waals surface area contributed by atoms with E-state index in [9.17, 15) is 4.79 Å². The zero-order valence-electron chi connectivity index (χ0n) is 14.1. The number of carbonyl (C=O) groups is 1. The number of benzene rings is 1. The fourth-order valence-electron chi connectivity index (χ4n) is 3.41. The van der Waals surface area contributed by atoms with Gasteiger partial charge in [0, 0.05) is 16.3 Å². The molecule has 1 aromatic carbocycles. The molecule has 0 radical (unpaired) electrons. The SMILES string of the molecule is Cl.NC1(c2noc(C3CSCN3C(=O)c3ccc(Cl)cc3)n2)CCCC1. The Morgan fingerprint density at radius 2 is 2.00 bits per heavy atom. The van der Waals surface area contributed by atoms with Crippen LogP contribution in [0.25, 0.3) is 0 Å². The first kappa shape index (κ1) is 19.5. The Balaban J connectivity index is 0.00000196. The normalized spacial score (nSPS) is 21.6. The molecule has 1 saturated carbocycles. The number of hydrogen-bond acceptors (Lipinski definition) is 6. The van der Waals surface area contributed by atoms with Gasteiger partial charge in [-0.15, -0.1) is 24.2 Å². The molecule has 0 spiro atoms. The maximum Gasteiger partial charge on any atom is 0.255 e. The molecule has 2 aliphatic rings. The lowest BCUT2D eigenvalue weighted by atomic mass is 9.99. The summed E-state index contributed by atoms with van der Waals surface area (Å²) in [5.41, 5.74) is 6.52. The van der Waals surface area contributed by atoms with Crippen LogP contribution in [0.2, 0.25) is 5.02 Å². The van der Waals surface area contributed by atoms with E-state index in [1.165, 1.54) is 0 Å². The summed E-state index contributed by atoms with van der Waals surface area (Å²) >= 11 is 7.58. The average Bonchev–Trinajstić information content (AvgIpc) is 3.35. The van der Waals surface area contributed by atoms with Crippen LogP contribution in [0.4, 0.5) is 0 Å². The minimum Gasteiger partial charge on any atom is -0.337 e. The molecular formula is C17H20Cl2N4O2S. The van der Waals surface area contributed by atoms with Gasteiger partial charge in [-0.3, -0.25) is 4.79 Å². The lowest BCUT2D eigenvalue weighted by Gasteiger charge is -2.21. The highest BCUT2D eigenvalue weighted by Gasteiger charge is 2.39. The Morgan fingerprint density at radius 3 is 2.69 bits per heavy atom. The molecule has 1 aliphatic heterocycles. The second-order valence-corrected chi connectivity index (χ2v) is 8.05. The summed E-state index contributed by atoms with van der Waals surface area (Å²) in [6, 6.07) is 6.68. The first-order valence-corrected chi connectivity index (χ1v) is 9.87. The van der Waals surface area contributed by atoms with Gasteiger partial charge in [0.15, 0.2) is 5.82 Å². The summed E-state index contributed by atoms with van der Waals surface area (Å²) in [7, 11) is 0. The van der Waals surface area contributed by atoms with Crippen LogP contribution in [0.1, 0.15) is 53.8 Å². The van der Waals surface area contributed by atoms with Crippen LogP contribution in [0, 0.1) is 0 Å². The zero-order chi connectivity index (χ0) is 17.4. The third-order valence-corrected chi connectivity index (χ3v) is 6.17. The number of hydrogen-bond donors (Lipinski definition) is 1. The monoisotopic (exact) mass is 414 g/mol. The summed E-state index contributed by atoms with van der Waals surface area (Å²) < 4.78 is 5.49. The predicted molar refractivity (Wildman–Crippen MR) is 104 cm³/mol. The topological polar surface area (TPSA) is 85.2 Å². The van der Waals surface area contributed by atoms with E-state index in [0.717, 1.165) is 31.4 Å². The van der Waals surface area contributed by atoms with Crippen LogP contribution in [-0.2, 0) is 5.54 Å². The van der Waals surface area contributed by atoms with Gasteiger partial charge in [0.1, 0.15) is 6.04 Å². The minimum atomic E-state index is -0.488. The number of aromatic nitrogens is 2. The lowest BCUT2D eigenvalue weighted by Crippen LogP contribution is -2.35.